The van der Waals surface area contributed by atoms with E-state index in [1.54, 1.807) is 12.1 Å². The van der Waals surface area contributed by atoms with Gasteiger partial charge in [0.05, 0.1) is 3.57 Å². The number of benzene rings is 1. The summed E-state index contributed by atoms with van der Waals surface area (Å²) in [6.45, 7) is -2.81. The van der Waals surface area contributed by atoms with Crippen LogP contribution in [0.25, 0.3) is 0 Å². The molecule has 1 nitrogen and oxygen atoms in total. The monoisotopic (exact) mass is 304 g/mol. The Kier molecular flexibility index (Phi) is 3.52. The maximum absolute atomic E-state index is 11.8. The van der Waals surface area contributed by atoms with Crippen LogP contribution in [0.2, 0.25) is 5.02 Å². The highest BCUT2D eigenvalue weighted by molar-refractivity contribution is 14.1. The van der Waals surface area contributed by atoms with E-state index < -0.39 is 6.61 Å². The summed E-state index contributed by atoms with van der Waals surface area (Å²) >= 11 is 7.47. The van der Waals surface area contributed by atoms with Crippen LogP contribution in [-0.4, -0.2) is 6.61 Å². The second-order valence-corrected chi connectivity index (χ2v) is 3.55. The Labute approximate surface area is 86.8 Å². The number of rotatable bonds is 2. The number of hydrogen-bond donors (Lipinski definition) is 0. The van der Waals surface area contributed by atoms with E-state index in [1.807, 2.05) is 22.6 Å². The zero-order valence-corrected chi connectivity index (χ0v) is 8.64. The zero-order chi connectivity index (χ0) is 9.14. The standard InChI is InChI=1S/C7H4ClF2IO/c8-4-1-2-5(11)6(3-4)12-7(9)10/h1-3,7H. The second-order valence-electron chi connectivity index (χ2n) is 1.95. The molecule has 0 spiro atoms. The van der Waals surface area contributed by atoms with E-state index in [1.165, 1.54) is 6.07 Å². The highest BCUT2D eigenvalue weighted by atomic mass is 127. The van der Waals surface area contributed by atoms with Crippen molar-refractivity contribution >= 4 is 34.2 Å². The van der Waals surface area contributed by atoms with E-state index in [9.17, 15) is 8.78 Å². The summed E-state index contributed by atoms with van der Waals surface area (Å²) in [4.78, 5) is 0. The van der Waals surface area contributed by atoms with Gasteiger partial charge < -0.3 is 4.74 Å². The first-order chi connectivity index (χ1) is 5.59. The molecular formula is C7H4ClF2IO. The molecule has 0 heterocycles. The Hall–Kier alpha value is -0.100. The molecule has 1 aromatic rings. The number of ether oxygens (including phenoxy) is 1. The Morgan fingerprint density at radius 2 is 2.08 bits per heavy atom. The van der Waals surface area contributed by atoms with Crippen molar-refractivity contribution in [1.29, 1.82) is 0 Å². The molecule has 0 aliphatic heterocycles. The lowest BCUT2D eigenvalue weighted by Crippen LogP contribution is -2.02. The van der Waals surface area contributed by atoms with Crippen LogP contribution in [0.15, 0.2) is 18.2 Å². The highest BCUT2D eigenvalue weighted by Gasteiger charge is 2.07. The number of alkyl halides is 2. The van der Waals surface area contributed by atoms with E-state index in [4.69, 9.17) is 11.6 Å². The lowest BCUT2D eigenvalue weighted by atomic mass is 10.3. The first kappa shape index (κ1) is 9.98. The quantitative estimate of drug-likeness (QED) is 0.759. The van der Waals surface area contributed by atoms with Gasteiger partial charge in [-0.05, 0) is 34.7 Å². The molecular weight excluding hydrogens is 300 g/mol. The Bertz CT molecular complexity index is 280. The summed E-state index contributed by atoms with van der Waals surface area (Å²) in [5.74, 6) is 0.109. The van der Waals surface area contributed by atoms with E-state index in [0.29, 0.717) is 8.59 Å². The first-order valence-corrected chi connectivity index (χ1v) is 4.45. The van der Waals surface area contributed by atoms with Crippen LogP contribution < -0.4 is 4.74 Å². The molecule has 0 bridgehead atoms. The molecule has 0 aromatic heterocycles. The largest absolute Gasteiger partial charge is 0.434 e. The minimum Gasteiger partial charge on any atom is -0.434 e. The van der Waals surface area contributed by atoms with Crippen molar-refractivity contribution in [1.82, 2.24) is 0 Å². The van der Waals surface area contributed by atoms with Gasteiger partial charge in [-0.1, -0.05) is 11.6 Å². The van der Waals surface area contributed by atoms with Crippen LogP contribution in [0.1, 0.15) is 0 Å². The fourth-order valence-electron chi connectivity index (χ4n) is 0.663. The maximum Gasteiger partial charge on any atom is 0.387 e. The van der Waals surface area contributed by atoms with Crippen LogP contribution >= 0.6 is 34.2 Å². The Morgan fingerprint density at radius 3 is 2.67 bits per heavy atom. The number of halogens is 4. The van der Waals surface area contributed by atoms with Crippen LogP contribution in [0, 0.1) is 3.57 Å². The van der Waals surface area contributed by atoms with E-state index in [-0.39, 0.29) is 5.75 Å². The molecule has 0 unspecified atom stereocenters. The van der Waals surface area contributed by atoms with Crippen molar-refractivity contribution in [2.75, 3.05) is 0 Å². The smallest absolute Gasteiger partial charge is 0.387 e. The van der Waals surface area contributed by atoms with Gasteiger partial charge in [0.15, 0.2) is 0 Å². The summed E-state index contributed by atoms with van der Waals surface area (Å²) in [5, 5.41) is 0.381. The summed E-state index contributed by atoms with van der Waals surface area (Å²) in [5.41, 5.74) is 0. The molecule has 0 N–H and O–H groups in total. The van der Waals surface area contributed by atoms with Gasteiger partial charge >= 0.3 is 6.61 Å². The average Bonchev–Trinajstić information content (AvgIpc) is 1.96. The summed E-state index contributed by atoms with van der Waals surface area (Å²) in [6.07, 6.45) is 0. The van der Waals surface area contributed by atoms with E-state index >= 15 is 0 Å². The molecule has 12 heavy (non-hydrogen) atoms. The van der Waals surface area contributed by atoms with Gasteiger partial charge in [-0.15, -0.1) is 0 Å². The molecule has 1 rings (SSSR count). The molecule has 0 aliphatic carbocycles. The zero-order valence-electron chi connectivity index (χ0n) is 5.73. The summed E-state index contributed by atoms with van der Waals surface area (Å²) in [7, 11) is 0. The topological polar surface area (TPSA) is 9.23 Å². The van der Waals surface area contributed by atoms with Gasteiger partial charge in [-0.2, -0.15) is 8.78 Å². The van der Waals surface area contributed by atoms with Gasteiger partial charge in [-0.3, -0.25) is 0 Å². The van der Waals surface area contributed by atoms with Crippen LogP contribution in [-0.2, 0) is 0 Å². The van der Waals surface area contributed by atoms with Gasteiger partial charge in [-0.25, -0.2) is 0 Å². The van der Waals surface area contributed by atoms with Gasteiger partial charge in [0.2, 0.25) is 0 Å². The Morgan fingerprint density at radius 1 is 1.42 bits per heavy atom. The third kappa shape index (κ3) is 2.75. The van der Waals surface area contributed by atoms with Gasteiger partial charge in [0, 0.05) is 11.1 Å². The van der Waals surface area contributed by atoms with Crippen LogP contribution in [0.5, 0.6) is 5.75 Å². The van der Waals surface area contributed by atoms with Gasteiger partial charge in [0.1, 0.15) is 5.75 Å². The number of hydrogen-bond acceptors (Lipinski definition) is 1. The predicted molar refractivity (Wildman–Crippen MR) is 50.8 cm³/mol. The van der Waals surface area contributed by atoms with Crippen LogP contribution in [0.3, 0.4) is 0 Å². The third-order valence-corrected chi connectivity index (χ3v) is 2.24. The SMILES string of the molecule is FC(F)Oc1cc(Cl)ccc1I. The molecule has 1 aromatic carbocycles. The highest BCUT2D eigenvalue weighted by Crippen LogP contribution is 2.25. The normalized spacial score (nSPS) is 10.4. The van der Waals surface area contributed by atoms with Crippen molar-refractivity contribution in [3.8, 4) is 5.75 Å². The lowest BCUT2D eigenvalue weighted by Gasteiger charge is -2.06. The first-order valence-electron chi connectivity index (χ1n) is 2.99. The lowest BCUT2D eigenvalue weighted by molar-refractivity contribution is -0.0504. The van der Waals surface area contributed by atoms with Crippen molar-refractivity contribution in [3.05, 3.63) is 26.8 Å². The van der Waals surface area contributed by atoms with E-state index in [0.717, 1.165) is 0 Å². The molecule has 5 heteroatoms. The van der Waals surface area contributed by atoms with Crippen molar-refractivity contribution in [2.45, 2.75) is 6.61 Å². The van der Waals surface area contributed by atoms with Crippen molar-refractivity contribution in [2.24, 2.45) is 0 Å². The summed E-state index contributed by atoms with van der Waals surface area (Å²) in [6, 6.07) is 4.58. The minimum atomic E-state index is -2.81. The van der Waals surface area contributed by atoms with Crippen molar-refractivity contribution in [3.63, 3.8) is 0 Å². The molecule has 0 fully saturated rings. The molecule has 0 amide bonds. The fraction of sp³-hybridized carbons (Fsp3) is 0.143. The third-order valence-electron chi connectivity index (χ3n) is 1.11. The molecule has 0 aliphatic rings. The Balaban J connectivity index is 2.90. The average molecular weight is 304 g/mol. The molecule has 0 atom stereocenters. The molecule has 0 saturated heterocycles. The van der Waals surface area contributed by atoms with Crippen molar-refractivity contribution < 1.29 is 13.5 Å². The predicted octanol–water partition coefficient (Wildman–Crippen LogP) is 3.55. The van der Waals surface area contributed by atoms with E-state index in [2.05, 4.69) is 4.74 Å². The second kappa shape index (κ2) is 4.23. The molecule has 0 radical (unpaired) electrons. The summed E-state index contributed by atoms with van der Waals surface area (Å²) < 4.78 is 28.3. The molecule has 66 valence electrons. The maximum atomic E-state index is 11.8. The van der Waals surface area contributed by atoms with Crippen LogP contribution in [0.4, 0.5) is 8.78 Å². The van der Waals surface area contributed by atoms with Gasteiger partial charge in [0.25, 0.3) is 0 Å². The fourth-order valence-corrected chi connectivity index (χ4v) is 1.29. The molecule has 0 saturated carbocycles. The minimum absolute atomic E-state index is 0.109.